The molecule has 3 heteroatoms. The van der Waals surface area contributed by atoms with Gasteiger partial charge in [0.15, 0.2) is 0 Å². The molecule has 1 N–H and O–H groups in total. The smallest absolute Gasteiger partial charge is 0.0621 e. The van der Waals surface area contributed by atoms with Crippen LogP contribution in [-0.4, -0.2) is 11.2 Å². The van der Waals surface area contributed by atoms with E-state index in [4.69, 9.17) is 0 Å². The number of hydrogen-bond donors (Lipinski definition) is 1. The van der Waals surface area contributed by atoms with Crippen LogP contribution in [0.1, 0.15) is 24.0 Å². The zero-order chi connectivity index (χ0) is 13.1. The van der Waals surface area contributed by atoms with E-state index in [1.165, 1.54) is 0 Å². The van der Waals surface area contributed by atoms with Gasteiger partial charge in [-0.25, -0.2) is 0 Å². The van der Waals surface area contributed by atoms with Crippen LogP contribution in [0.5, 0.6) is 0 Å². The van der Waals surface area contributed by atoms with Gasteiger partial charge >= 0.3 is 0 Å². The van der Waals surface area contributed by atoms with Gasteiger partial charge in [-0.3, -0.25) is 0 Å². The van der Waals surface area contributed by atoms with Crippen molar-refractivity contribution < 1.29 is 5.11 Å². The lowest BCUT2D eigenvalue weighted by Crippen LogP contribution is -2.16. The molecule has 0 aliphatic rings. The van der Waals surface area contributed by atoms with Crippen LogP contribution < -0.4 is 0 Å². The van der Waals surface area contributed by atoms with Crippen molar-refractivity contribution in [2.45, 2.75) is 18.9 Å². The molecule has 0 radical (unpaired) electrons. The molecule has 0 saturated heterocycles. The average Bonchev–Trinajstić information content (AvgIpc) is 2.28. The molecule has 1 nitrogen and oxygen atoms in total. The molecular weight excluding hydrogens is 356 g/mol. The van der Waals surface area contributed by atoms with Gasteiger partial charge in [-0.15, -0.1) is 0 Å². The maximum absolute atomic E-state index is 10.1. The molecule has 2 rings (SSSR count). The van der Waals surface area contributed by atoms with E-state index in [0.717, 1.165) is 20.1 Å². The van der Waals surface area contributed by atoms with Gasteiger partial charge in [0.05, 0.1) is 6.10 Å². The highest BCUT2D eigenvalue weighted by Crippen LogP contribution is 2.31. The standard InChI is InChI=1S/C15H14Br2O/c1-10(18)15(11-4-2-6-13(16)8-11)12-5-3-7-14(17)9-12/h2-10,15,18H,1H3. The lowest BCUT2D eigenvalue weighted by molar-refractivity contribution is 0.176. The summed E-state index contributed by atoms with van der Waals surface area (Å²) in [6, 6.07) is 16.2. The third-order valence-electron chi connectivity index (χ3n) is 2.90. The van der Waals surface area contributed by atoms with Crippen LogP contribution in [0.15, 0.2) is 57.5 Å². The molecule has 94 valence electrons. The van der Waals surface area contributed by atoms with Crippen molar-refractivity contribution in [2.24, 2.45) is 0 Å². The molecule has 2 aromatic carbocycles. The van der Waals surface area contributed by atoms with Gasteiger partial charge < -0.3 is 5.11 Å². The number of hydrogen-bond acceptors (Lipinski definition) is 1. The highest BCUT2D eigenvalue weighted by Gasteiger charge is 2.19. The van der Waals surface area contributed by atoms with Crippen molar-refractivity contribution in [3.8, 4) is 0 Å². The SMILES string of the molecule is CC(O)C(c1cccc(Br)c1)c1cccc(Br)c1. The zero-order valence-corrected chi connectivity index (χ0v) is 13.1. The Labute approximate surface area is 124 Å². The van der Waals surface area contributed by atoms with Crippen LogP contribution in [0.4, 0.5) is 0 Å². The summed E-state index contributed by atoms with van der Waals surface area (Å²) in [5.74, 6) is -0.0139. The number of rotatable bonds is 3. The largest absolute Gasteiger partial charge is 0.392 e. The minimum atomic E-state index is -0.436. The second kappa shape index (κ2) is 6.00. The van der Waals surface area contributed by atoms with Gasteiger partial charge in [-0.1, -0.05) is 56.1 Å². The summed E-state index contributed by atoms with van der Waals surface area (Å²) in [6.07, 6.45) is -0.436. The summed E-state index contributed by atoms with van der Waals surface area (Å²) in [4.78, 5) is 0. The molecule has 0 heterocycles. The van der Waals surface area contributed by atoms with E-state index >= 15 is 0 Å². The molecule has 0 fully saturated rings. The van der Waals surface area contributed by atoms with Crippen LogP contribution in [0.3, 0.4) is 0 Å². The Hall–Kier alpha value is -0.640. The first-order valence-electron chi connectivity index (χ1n) is 5.77. The molecule has 0 aromatic heterocycles. The van der Waals surface area contributed by atoms with Crippen molar-refractivity contribution in [1.29, 1.82) is 0 Å². The lowest BCUT2D eigenvalue weighted by atomic mass is 9.87. The maximum Gasteiger partial charge on any atom is 0.0621 e. The molecular formula is C15H14Br2O. The Morgan fingerprint density at radius 1 is 0.889 bits per heavy atom. The van der Waals surface area contributed by atoms with Crippen molar-refractivity contribution in [2.75, 3.05) is 0 Å². The number of halogens is 2. The molecule has 0 saturated carbocycles. The molecule has 1 unspecified atom stereocenters. The third kappa shape index (κ3) is 3.22. The van der Waals surface area contributed by atoms with Gasteiger partial charge in [0, 0.05) is 14.9 Å². The van der Waals surface area contributed by atoms with E-state index in [-0.39, 0.29) is 5.92 Å². The Kier molecular flexibility index (Phi) is 4.60. The van der Waals surface area contributed by atoms with Gasteiger partial charge in [0.25, 0.3) is 0 Å². The molecule has 0 aliphatic heterocycles. The lowest BCUT2D eigenvalue weighted by Gasteiger charge is -2.21. The summed E-state index contributed by atoms with van der Waals surface area (Å²) in [5, 5.41) is 10.1. The summed E-state index contributed by atoms with van der Waals surface area (Å²) in [7, 11) is 0. The second-order valence-corrected chi connectivity index (χ2v) is 6.16. The van der Waals surface area contributed by atoms with Crippen LogP contribution in [0.25, 0.3) is 0 Å². The van der Waals surface area contributed by atoms with Crippen molar-refractivity contribution in [3.63, 3.8) is 0 Å². The Morgan fingerprint density at radius 3 is 1.67 bits per heavy atom. The van der Waals surface area contributed by atoms with E-state index in [1.54, 1.807) is 0 Å². The number of benzene rings is 2. The monoisotopic (exact) mass is 368 g/mol. The molecule has 18 heavy (non-hydrogen) atoms. The summed E-state index contributed by atoms with van der Waals surface area (Å²) >= 11 is 6.95. The number of aliphatic hydroxyl groups is 1. The molecule has 1 atom stereocenters. The first kappa shape index (κ1) is 13.8. The van der Waals surface area contributed by atoms with Crippen molar-refractivity contribution >= 4 is 31.9 Å². The van der Waals surface area contributed by atoms with Gasteiger partial charge in [0.1, 0.15) is 0 Å². The van der Waals surface area contributed by atoms with Crippen LogP contribution >= 0.6 is 31.9 Å². The molecule has 2 aromatic rings. The normalized spacial score (nSPS) is 12.7. The molecule has 0 spiro atoms. The fourth-order valence-electron chi connectivity index (χ4n) is 2.15. The Balaban J connectivity index is 2.46. The summed E-state index contributed by atoms with van der Waals surface area (Å²) in [5.41, 5.74) is 2.22. The van der Waals surface area contributed by atoms with Gasteiger partial charge in [-0.05, 0) is 42.3 Å². The van der Waals surface area contributed by atoms with Gasteiger partial charge in [0.2, 0.25) is 0 Å². The summed E-state index contributed by atoms with van der Waals surface area (Å²) in [6.45, 7) is 1.83. The fourth-order valence-corrected chi connectivity index (χ4v) is 2.98. The predicted molar refractivity (Wildman–Crippen MR) is 81.8 cm³/mol. The van der Waals surface area contributed by atoms with Gasteiger partial charge in [-0.2, -0.15) is 0 Å². The van der Waals surface area contributed by atoms with E-state index in [0.29, 0.717) is 0 Å². The van der Waals surface area contributed by atoms with Crippen LogP contribution in [0.2, 0.25) is 0 Å². The third-order valence-corrected chi connectivity index (χ3v) is 3.88. The minimum absolute atomic E-state index is 0.0139. The molecule has 0 aliphatic carbocycles. The van der Waals surface area contributed by atoms with E-state index in [1.807, 2.05) is 43.3 Å². The summed E-state index contributed by atoms with van der Waals surface area (Å²) < 4.78 is 2.06. The van der Waals surface area contributed by atoms with Crippen molar-refractivity contribution in [1.82, 2.24) is 0 Å². The second-order valence-electron chi connectivity index (χ2n) is 4.33. The quantitative estimate of drug-likeness (QED) is 0.829. The van der Waals surface area contributed by atoms with E-state index < -0.39 is 6.10 Å². The maximum atomic E-state index is 10.1. The van der Waals surface area contributed by atoms with Crippen LogP contribution in [-0.2, 0) is 0 Å². The highest BCUT2D eigenvalue weighted by atomic mass is 79.9. The van der Waals surface area contributed by atoms with E-state index in [2.05, 4.69) is 44.0 Å². The number of aliphatic hydroxyl groups excluding tert-OH is 1. The Morgan fingerprint density at radius 2 is 1.33 bits per heavy atom. The van der Waals surface area contributed by atoms with Crippen LogP contribution in [0, 0.1) is 0 Å². The molecule has 0 amide bonds. The molecule has 0 bridgehead atoms. The average molecular weight is 370 g/mol. The topological polar surface area (TPSA) is 20.2 Å². The minimum Gasteiger partial charge on any atom is -0.392 e. The fraction of sp³-hybridized carbons (Fsp3) is 0.200. The van der Waals surface area contributed by atoms with E-state index in [9.17, 15) is 5.11 Å². The van der Waals surface area contributed by atoms with Crippen molar-refractivity contribution in [3.05, 3.63) is 68.6 Å². The zero-order valence-electron chi connectivity index (χ0n) is 9.98. The first-order chi connectivity index (χ1) is 8.58. The first-order valence-corrected chi connectivity index (χ1v) is 7.35. The predicted octanol–water partition coefficient (Wildman–Crippen LogP) is 4.72. The Bertz CT molecular complexity index is 492. The highest BCUT2D eigenvalue weighted by molar-refractivity contribution is 9.10.